The fourth-order valence-corrected chi connectivity index (χ4v) is 5.59. The Morgan fingerprint density at radius 3 is 2.69 bits per heavy atom. The summed E-state index contributed by atoms with van der Waals surface area (Å²) in [5.41, 5.74) is 0.885. The Hall–Kier alpha value is -2.11. The summed E-state index contributed by atoms with van der Waals surface area (Å²) >= 11 is 0.964. The van der Waals surface area contributed by atoms with E-state index in [-0.39, 0.29) is 29.3 Å². The van der Waals surface area contributed by atoms with Crippen LogP contribution >= 0.6 is 11.7 Å². The summed E-state index contributed by atoms with van der Waals surface area (Å²) < 4.78 is 35.9. The molecule has 1 aromatic heterocycles. The summed E-state index contributed by atoms with van der Waals surface area (Å²) in [6.45, 7) is 5.70. The summed E-state index contributed by atoms with van der Waals surface area (Å²) in [6.07, 6.45) is 1.13. The van der Waals surface area contributed by atoms with E-state index < -0.39 is 22.0 Å². The van der Waals surface area contributed by atoms with E-state index in [1.54, 1.807) is 19.1 Å². The molecule has 1 aromatic carbocycles. The Bertz CT molecular complexity index is 1000. The minimum atomic E-state index is -3.81. The van der Waals surface area contributed by atoms with Crippen LogP contribution in [-0.2, 0) is 19.6 Å². The first-order chi connectivity index (χ1) is 13.7. The standard InChI is InChI=1S/C18H25N5O4S2/c1-11(2)19-17(24)12(3)20-18(25)13-6-5-9-23(10-13)29(26,27)15-8-4-7-14-16(15)22-28-21-14/h4,7-8,11-13H,5-6,9-10H2,1-3H3,(H,19,24)(H,20,25)/t12-,13?/m0/s1. The van der Waals surface area contributed by atoms with Gasteiger partial charge in [-0.2, -0.15) is 13.1 Å². The van der Waals surface area contributed by atoms with Gasteiger partial charge in [-0.25, -0.2) is 8.42 Å². The van der Waals surface area contributed by atoms with Crippen molar-refractivity contribution in [2.75, 3.05) is 13.1 Å². The van der Waals surface area contributed by atoms with Crippen molar-refractivity contribution in [3.63, 3.8) is 0 Å². The maximum Gasteiger partial charge on any atom is 0.245 e. The van der Waals surface area contributed by atoms with Crippen LogP contribution in [0.3, 0.4) is 0 Å². The van der Waals surface area contributed by atoms with E-state index in [9.17, 15) is 18.0 Å². The number of benzene rings is 1. The number of piperidine rings is 1. The lowest BCUT2D eigenvalue weighted by molar-refractivity contribution is -0.131. The molecule has 1 aliphatic heterocycles. The van der Waals surface area contributed by atoms with Gasteiger partial charge in [0.15, 0.2) is 0 Å². The zero-order valence-corrected chi connectivity index (χ0v) is 18.2. The molecule has 1 fully saturated rings. The third kappa shape index (κ3) is 4.73. The molecule has 2 aromatic rings. The summed E-state index contributed by atoms with van der Waals surface area (Å²) in [7, 11) is -3.81. The predicted molar refractivity (Wildman–Crippen MR) is 110 cm³/mol. The van der Waals surface area contributed by atoms with Gasteiger partial charge in [-0.1, -0.05) is 6.07 Å². The molecule has 2 N–H and O–H groups in total. The van der Waals surface area contributed by atoms with Crippen molar-refractivity contribution in [3.8, 4) is 0 Å². The van der Waals surface area contributed by atoms with Crippen molar-refractivity contribution >= 4 is 44.6 Å². The monoisotopic (exact) mass is 439 g/mol. The van der Waals surface area contributed by atoms with Crippen LogP contribution in [-0.4, -0.2) is 58.5 Å². The van der Waals surface area contributed by atoms with Crippen molar-refractivity contribution in [3.05, 3.63) is 18.2 Å². The van der Waals surface area contributed by atoms with Crippen LogP contribution < -0.4 is 10.6 Å². The topological polar surface area (TPSA) is 121 Å². The lowest BCUT2D eigenvalue weighted by atomic mass is 9.98. The Labute approximate surface area is 174 Å². The van der Waals surface area contributed by atoms with Gasteiger partial charge in [0, 0.05) is 19.1 Å². The van der Waals surface area contributed by atoms with Crippen molar-refractivity contribution in [2.24, 2.45) is 5.92 Å². The van der Waals surface area contributed by atoms with Gasteiger partial charge in [-0.05, 0) is 45.7 Å². The van der Waals surface area contributed by atoms with Crippen LogP contribution in [0.15, 0.2) is 23.1 Å². The van der Waals surface area contributed by atoms with E-state index in [1.165, 1.54) is 10.4 Å². The number of nitrogens with one attached hydrogen (secondary N) is 2. The molecule has 2 atom stereocenters. The van der Waals surface area contributed by atoms with E-state index in [1.807, 2.05) is 13.8 Å². The molecule has 1 aliphatic rings. The van der Waals surface area contributed by atoms with E-state index in [0.717, 1.165) is 11.7 Å². The number of fused-ring (bicyclic) bond motifs is 1. The second kappa shape index (κ2) is 8.72. The maximum atomic E-state index is 13.2. The Kier molecular flexibility index (Phi) is 6.49. The summed E-state index contributed by atoms with van der Waals surface area (Å²) in [4.78, 5) is 24.8. The van der Waals surface area contributed by atoms with Gasteiger partial charge in [0.2, 0.25) is 21.8 Å². The Balaban J connectivity index is 1.72. The van der Waals surface area contributed by atoms with E-state index in [2.05, 4.69) is 19.4 Å². The van der Waals surface area contributed by atoms with Gasteiger partial charge >= 0.3 is 0 Å². The number of hydrogen-bond acceptors (Lipinski definition) is 7. The van der Waals surface area contributed by atoms with Crippen molar-refractivity contribution in [1.29, 1.82) is 0 Å². The molecule has 2 heterocycles. The van der Waals surface area contributed by atoms with Gasteiger partial charge in [-0.15, -0.1) is 0 Å². The van der Waals surface area contributed by atoms with Crippen LogP contribution in [0.25, 0.3) is 11.0 Å². The fourth-order valence-electron chi connectivity index (χ4n) is 3.31. The second-order valence-electron chi connectivity index (χ2n) is 7.48. The van der Waals surface area contributed by atoms with E-state index >= 15 is 0 Å². The molecular weight excluding hydrogens is 414 g/mol. The molecule has 0 aliphatic carbocycles. The number of hydrogen-bond donors (Lipinski definition) is 2. The number of aromatic nitrogens is 2. The summed E-state index contributed by atoms with van der Waals surface area (Å²) in [5.74, 6) is -1.10. The average molecular weight is 440 g/mol. The fraction of sp³-hybridized carbons (Fsp3) is 0.556. The molecule has 0 bridgehead atoms. The molecule has 3 rings (SSSR count). The van der Waals surface area contributed by atoms with Gasteiger partial charge < -0.3 is 10.6 Å². The van der Waals surface area contributed by atoms with Gasteiger partial charge in [0.05, 0.1) is 17.6 Å². The first-order valence-electron chi connectivity index (χ1n) is 9.52. The van der Waals surface area contributed by atoms with Gasteiger partial charge in [0.25, 0.3) is 0 Å². The molecule has 1 unspecified atom stereocenters. The Morgan fingerprint density at radius 1 is 1.21 bits per heavy atom. The number of nitrogens with zero attached hydrogens (tertiary/aromatic N) is 3. The van der Waals surface area contributed by atoms with Crippen molar-refractivity contribution in [1.82, 2.24) is 23.7 Å². The highest BCUT2D eigenvalue weighted by Gasteiger charge is 2.35. The lowest BCUT2D eigenvalue weighted by Gasteiger charge is -2.31. The number of rotatable bonds is 6. The molecular formula is C18H25N5O4S2. The smallest absolute Gasteiger partial charge is 0.245 e. The number of sulfonamides is 1. The number of carbonyl (C=O) groups is 2. The summed E-state index contributed by atoms with van der Waals surface area (Å²) in [6, 6.07) is 4.15. The van der Waals surface area contributed by atoms with Gasteiger partial charge in [0.1, 0.15) is 22.0 Å². The highest BCUT2D eigenvalue weighted by atomic mass is 32.2. The van der Waals surface area contributed by atoms with Crippen LogP contribution in [0.1, 0.15) is 33.6 Å². The van der Waals surface area contributed by atoms with E-state index in [0.29, 0.717) is 30.4 Å². The first kappa shape index (κ1) is 21.6. The third-order valence-corrected chi connectivity index (χ3v) is 7.24. The second-order valence-corrected chi connectivity index (χ2v) is 9.92. The highest BCUT2D eigenvalue weighted by molar-refractivity contribution is 7.89. The summed E-state index contributed by atoms with van der Waals surface area (Å²) in [5, 5.41) is 5.45. The van der Waals surface area contributed by atoms with Crippen molar-refractivity contribution < 1.29 is 18.0 Å². The largest absolute Gasteiger partial charge is 0.352 e. The Morgan fingerprint density at radius 2 is 1.97 bits per heavy atom. The molecule has 29 heavy (non-hydrogen) atoms. The molecule has 0 saturated carbocycles. The minimum absolute atomic E-state index is 0.0277. The zero-order chi connectivity index (χ0) is 21.2. The third-order valence-electron chi connectivity index (χ3n) is 4.80. The van der Waals surface area contributed by atoms with Gasteiger partial charge in [-0.3, -0.25) is 9.59 Å². The maximum absolute atomic E-state index is 13.2. The molecule has 158 valence electrons. The average Bonchev–Trinajstić information content (AvgIpc) is 3.16. The quantitative estimate of drug-likeness (QED) is 0.696. The molecule has 11 heteroatoms. The molecule has 0 spiro atoms. The molecule has 9 nitrogen and oxygen atoms in total. The molecule has 1 saturated heterocycles. The van der Waals surface area contributed by atoms with Crippen molar-refractivity contribution in [2.45, 2.75) is 50.6 Å². The zero-order valence-electron chi connectivity index (χ0n) is 16.6. The predicted octanol–water partition coefficient (Wildman–Crippen LogP) is 1.12. The number of carbonyl (C=O) groups excluding carboxylic acids is 2. The van der Waals surface area contributed by atoms with Crippen LogP contribution in [0.5, 0.6) is 0 Å². The molecule has 0 radical (unpaired) electrons. The number of amides is 2. The van der Waals surface area contributed by atoms with Crippen LogP contribution in [0.4, 0.5) is 0 Å². The molecule has 2 amide bonds. The minimum Gasteiger partial charge on any atom is -0.352 e. The highest BCUT2D eigenvalue weighted by Crippen LogP contribution is 2.28. The SMILES string of the molecule is CC(C)NC(=O)[C@H](C)NC(=O)C1CCCN(S(=O)(=O)c2cccc3nsnc23)C1. The van der Waals surface area contributed by atoms with Crippen LogP contribution in [0.2, 0.25) is 0 Å². The normalized spacial score (nSPS) is 19.2. The lowest BCUT2D eigenvalue weighted by Crippen LogP contribution is -2.51. The first-order valence-corrected chi connectivity index (χ1v) is 11.7. The van der Waals surface area contributed by atoms with E-state index in [4.69, 9.17) is 0 Å². The van der Waals surface area contributed by atoms with Crippen LogP contribution in [0, 0.1) is 5.92 Å².